The summed E-state index contributed by atoms with van der Waals surface area (Å²) in [4.78, 5) is 67.2. The zero-order valence-electron chi connectivity index (χ0n) is 18.2. The van der Waals surface area contributed by atoms with Crippen molar-refractivity contribution in [1.82, 2.24) is 25.9 Å². The lowest BCUT2D eigenvalue weighted by atomic mass is 10.0. The maximum absolute atomic E-state index is 13.0. The molecular weight excluding hydrogens is 446 g/mol. The fourth-order valence-electron chi connectivity index (χ4n) is 3.08. The smallest absolute Gasteiger partial charge is 0.326 e. The Balaban J connectivity index is 2.19. The lowest BCUT2D eigenvalue weighted by Gasteiger charge is -2.24. The molecule has 13 nitrogen and oxygen atoms in total. The van der Waals surface area contributed by atoms with Crippen molar-refractivity contribution in [3.63, 3.8) is 0 Å². The van der Waals surface area contributed by atoms with Crippen molar-refractivity contribution >= 4 is 29.6 Å². The van der Waals surface area contributed by atoms with Crippen LogP contribution in [0.1, 0.15) is 17.7 Å². The van der Waals surface area contributed by atoms with Crippen LogP contribution in [0, 0.1) is 0 Å². The quantitative estimate of drug-likeness (QED) is 0.165. The second kappa shape index (κ2) is 12.7. The predicted octanol–water partition coefficient (Wildman–Crippen LogP) is -2.43. The fourth-order valence-corrected chi connectivity index (χ4v) is 3.08. The highest BCUT2D eigenvalue weighted by Crippen LogP contribution is 2.06. The van der Waals surface area contributed by atoms with Crippen molar-refractivity contribution in [1.29, 1.82) is 0 Å². The van der Waals surface area contributed by atoms with Crippen LogP contribution in [0.25, 0.3) is 0 Å². The Hall–Kier alpha value is -4.26. The van der Waals surface area contributed by atoms with Gasteiger partial charge in [0.05, 0.1) is 19.3 Å². The van der Waals surface area contributed by atoms with E-state index in [1.807, 2.05) is 0 Å². The van der Waals surface area contributed by atoms with Crippen molar-refractivity contribution < 1.29 is 29.1 Å². The molecule has 0 spiro atoms. The Kier molecular flexibility index (Phi) is 9.71. The monoisotopic (exact) mass is 473 g/mol. The summed E-state index contributed by atoms with van der Waals surface area (Å²) in [5, 5.41) is 16.7. The summed E-state index contributed by atoms with van der Waals surface area (Å²) in [6.07, 6.45) is 2.23. The van der Waals surface area contributed by atoms with Crippen LogP contribution in [-0.2, 0) is 36.8 Å². The van der Waals surface area contributed by atoms with Crippen molar-refractivity contribution in [2.45, 2.75) is 37.4 Å². The van der Waals surface area contributed by atoms with Crippen LogP contribution in [0.15, 0.2) is 42.9 Å². The molecule has 2 rings (SSSR count). The molecule has 3 atom stereocenters. The number of carbonyl (C=O) groups excluding carboxylic acids is 4. The largest absolute Gasteiger partial charge is 0.480 e. The SMILES string of the molecule is NCC(=O)NC(CC(N)=O)C(=O)NC(Cc1cnc[nH]1)C(=O)NC(Cc1ccccc1)C(=O)O. The van der Waals surface area contributed by atoms with Gasteiger partial charge in [-0.15, -0.1) is 0 Å². The van der Waals surface area contributed by atoms with Gasteiger partial charge in [-0.2, -0.15) is 0 Å². The number of aliphatic carboxylic acids is 1. The van der Waals surface area contributed by atoms with E-state index in [4.69, 9.17) is 11.5 Å². The molecule has 182 valence electrons. The van der Waals surface area contributed by atoms with E-state index < -0.39 is 60.7 Å². The first-order valence-corrected chi connectivity index (χ1v) is 10.3. The molecule has 0 saturated heterocycles. The highest BCUT2D eigenvalue weighted by molar-refractivity contribution is 5.95. The van der Waals surface area contributed by atoms with Crippen LogP contribution in [0.3, 0.4) is 0 Å². The number of rotatable bonds is 13. The molecule has 0 radical (unpaired) electrons. The summed E-state index contributed by atoms with van der Waals surface area (Å²) in [5.74, 6) is -4.47. The van der Waals surface area contributed by atoms with Crippen LogP contribution in [0.2, 0.25) is 0 Å². The third-order valence-electron chi connectivity index (χ3n) is 4.75. The van der Waals surface area contributed by atoms with Crippen LogP contribution in [0.5, 0.6) is 0 Å². The van der Waals surface area contributed by atoms with E-state index in [2.05, 4.69) is 25.9 Å². The van der Waals surface area contributed by atoms with Gasteiger partial charge in [0.2, 0.25) is 23.6 Å². The van der Waals surface area contributed by atoms with E-state index in [-0.39, 0.29) is 12.8 Å². The number of carboxylic acid groups (broad SMARTS) is 1. The molecule has 3 unspecified atom stereocenters. The van der Waals surface area contributed by atoms with Gasteiger partial charge in [0.1, 0.15) is 18.1 Å². The molecule has 0 aliphatic rings. The average Bonchev–Trinajstić information content (AvgIpc) is 3.31. The molecule has 0 saturated carbocycles. The molecular formula is C21H27N7O6. The zero-order chi connectivity index (χ0) is 25.1. The summed E-state index contributed by atoms with van der Waals surface area (Å²) in [5.41, 5.74) is 11.6. The number of nitrogens with two attached hydrogens (primary N) is 2. The lowest BCUT2D eigenvalue weighted by molar-refractivity contribution is -0.142. The number of nitrogens with one attached hydrogen (secondary N) is 4. The molecule has 1 aromatic heterocycles. The molecule has 34 heavy (non-hydrogen) atoms. The Morgan fingerprint density at radius 2 is 1.59 bits per heavy atom. The number of primary amides is 1. The molecule has 0 aliphatic heterocycles. The molecule has 9 N–H and O–H groups in total. The fraction of sp³-hybridized carbons (Fsp3) is 0.333. The van der Waals surface area contributed by atoms with Gasteiger partial charge in [-0.05, 0) is 5.56 Å². The maximum atomic E-state index is 13.0. The third kappa shape index (κ3) is 8.35. The van der Waals surface area contributed by atoms with Gasteiger partial charge in [0.15, 0.2) is 0 Å². The minimum Gasteiger partial charge on any atom is -0.480 e. The summed E-state index contributed by atoms with van der Waals surface area (Å²) >= 11 is 0. The zero-order valence-corrected chi connectivity index (χ0v) is 18.2. The molecule has 13 heteroatoms. The Morgan fingerprint density at radius 3 is 2.15 bits per heavy atom. The average molecular weight is 473 g/mol. The van der Waals surface area contributed by atoms with Gasteiger partial charge in [-0.1, -0.05) is 30.3 Å². The number of imidazole rings is 1. The molecule has 0 fully saturated rings. The molecule has 1 heterocycles. The van der Waals surface area contributed by atoms with E-state index in [1.165, 1.54) is 12.5 Å². The summed E-state index contributed by atoms with van der Waals surface area (Å²) in [6, 6.07) is 4.81. The molecule has 0 bridgehead atoms. The number of carboxylic acids is 1. The van der Waals surface area contributed by atoms with Crippen molar-refractivity contribution in [3.05, 3.63) is 54.1 Å². The number of benzene rings is 1. The summed E-state index contributed by atoms with van der Waals surface area (Å²) in [6.45, 7) is -0.430. The second-order valence-corrected chi connectivity index (χ2v) is 7.43. The predicted molar refractivity (Wildman–Crippen MR) is 119 cm³/mol. The van der Waals surface area contributed by atoms with E-state index in [0.717, 1.165) is 0 Å². The Morgan fingerprint density at radius 1 is 0.941 bits per heavy atom. The topological polar surface area (TPSA) is 222 Å². The molecule has 1 aromatic carbocycles. The number of aromatic amines is 1. The van der Waals surface area contributed by atoms with Crippen LogP contribution >= 0.6 is 0 Å². The standard InChI is InChI=1S/C21H27N7O6/c22-9-18(30)26-15(8-17(23)29)20(32)27-14(7-13-10-24-11-25-13)19(31)28-16(21(33)34)6-12-4-2-1-3-5-12/h1-5,10-11,14-16H,6-9,22H2,(H2,23,29)(H,24,25)(H,26,30)(H,27,32)(H,28,31)(H,33,34). The highest BCUT2D eigenvalue weighted by atomic mass is 16.4. The van der Waals surface area contributed by atoms with Crippen LogP contribution in [-0.4, -0.2) is 69.3 Å². The first-order chi connectivity index (χ1) is 16.2. The van der Waals surface area contributed by atoms with Crippen molar-refractivity contribution in [2.75, 3.05) is 6.54 Å². The Bertz CT molecular complexity index is 996. The van der Waals surface area contributed by atoms with E-state index in [9.17, 15) is 29.1 Å². The molecule has 4 amide bonds. The van der Waals surface area contributed by atoms with Crippen LogP contribution in [0.4, 0.5) is 0 Å². The number of nitrogens with zero attached hydrogens (tertiary/aromatic N) is 1. The van der Waals surface area contributed by atoms with Crippen molar-refractivity contribution in [3.8, 4) is 0 Å². The highest BCUT2D eigenvalue weighted by Gasteiger charge is 2.30. The van der Waals surface area contributed by atoms with E-state index in [0.29, 0.717) is 11.3 Å². The minimum absolute atomic E-state index is 0.0174. The van der Waals surface area contributed by atoms with Gasteiger partial charge in [0.25, 0.3) is 0 Å². The number of hydrogen-bond donors (Lipinski definition) is 7. The minimum atomic E-state index is -1.37. The van der Waals surface area contributed by atoms with Gasteiger partial charge in [-0.25, -0.2) is 9.78 Å². The first-order valence-electron chi connectivity index (χ1n) is 10.3. The number of hydrogen-bond acceptors (Lipinski definition) is 7. The molecule has 2 aromatic rings. The van der Waals surface area contributed by atoms with E-state index in [1.54, 1.807) is 30.3 Å². The number of amides is 4. The van der Waals surface area contributed by atoms with Gasteiger partial charge in [0, 0.05) is 24.7 Å². The van der Waals surface area contributed by atoms with Gasteiger partial charge in [-0.3, -0.25) is 19.2 Å². The van der Waals surface area contributed by atoms with Crippen molar-refractivity contribution in [2.24, 2.45) is 11.5 Å². The summed E-state index contributed by atoms with van der Waals surface area (Å²) < 4.78 is 0. The first kappa shape index (κ1) is 26.0. The third-order valence-corrected chi connectivity index (χ3v) is 4.75. The Labute approximate surface area is 194 Å². The normalized spacial score (nSPS) is 13.2. The van der Waals surface area contributed by atoms with E-state index >= 15 is 0 Å². The maximum Gasteiger partial charge on any atom is 0.326 e. The number of H-pyrrole nitrogens is 1. The second-order valence-electron chi connectivity index (χ2n) is 7.43. The lowest BCUT2D eigenvalue weighted by Crippen LogP contribution is -2.57. The summed E-state index contributed by atoms with van der Waals surface area (Å²) in [7, 11) is 0. The van der Waals surface area contributed by atoms with Gasteiger partial charge >= 0.3 is 5.97 Å². The van der Waals surface area contributed by atoms with Crippen LogP contribution < -0.4 is 27.4 Å². The van der Waals surface area contributed by atoms with Gasteiger partial charge < -0.3 is 37.5 Å². The number of carbonyl (C=O) groups is 5. The molecule has 0 aliphatic carbocycles. The number of aromatic nitrogens is 2.